The smallest absolute Gasteiger partial charge is 0.161 e. The molecule has 0 bridgehead atoms. The molecule has 0 radical (unpaired) electrons. The topological polar surface area (TPSA) is 34.1 Å². The molecule has 49 heavy (non-hydrogen) atoms. The Labute approximate surface area is 308 Å². The predicted molar refractivity (Wildman–Crippen MR) is 226 cm³/mol. The normalized spacial score (nSPS) is 35.8. The zero-order valence-corrected chi connectivity index (χ0v) is 36.2. The summed E-state index contributed by atoms with van der Waals surface area (Å²) in [5, 5.41) is 5.61. The Kier molecular flexibility index (Phi) is 13.4. The molecule has 270 valence electrons. The fourth-order valence-electron chi connectivity index (χ4n) is 11.0. The van der Waals surface area contributed by atoms with Gasteiger partial charge in [-0.3, -0.25) is 9.59 Å². The average molecular weight is 757 g/mol. The first-order valence-corrected chi connectivity index (χ1v) is 27.1. The van der Waals surface area contributed by atoms with E-state index in [1.54, 1.807) is 17.0 Å². The van der Waals surface area contributed by atoms with E-state index in [2.05, 4.69) is 77.1 Å². The zero-order valence-electron chi connectivity index (χ0n) is 31.8. The van der Waals surface area contributed by atoms with Gasteiger partial charge in [0.05, 0.1) is 0 Å². The van der Waals surface area contributed by atoms with E-state index >= 15 is 0 Å². The van der Waals surface area contributed by atoms with E-state index in [1.165, 1.54) is 63.9 Å². The van der Waals surface area contributed by atoms with Crippen molar-refractivity contribution in [3.05, 3.63) is 34.9 Å². The van der Waals surface area contributed by atoms with Crippen molar-refractivity contribution in [3.8, 4) is 0 Å². The standard InChI is InChI=1S/C42H64O2P4S/c1-9-29-18-17-24-45(29)39(27(7)43)40(28(8)44)48-32(12-4)26-35(37(48)14-6)33-23-25-46(36(33)13-5)42-41(34-19-15-16-20-38(34)49-42)47-30(10-2)21-22-31(47)11-3/h15-16,19-20,29-33,35-37H,9-14,17-18,21-26H2,1-8H3/b40-39-/t29-,30-,31-,32-,33?,35?,36-,37-,45?,46?,48?/m1/s1. The molecule has 1 aromatic carbocycles. The number of carbonyl (C=O) groups is 2. The first-order valence-electron chi connectivity index (χ1n) is 20.1. The van der Waals surface area contributed by atoms with Gasteiger partial charge in [-0.1, -0.05) is 91.4 Å². The number of rotatable bonds is 13. The van der Waals surface area contributed by atoms with Crippen LogP contribution >= 0.6 is 43.0 Å². The monoisotopic (exact) mass is 756 g/mol. The van der Waals surface area contributed by atoms with Crippen LogP contribution in [0, 0.1) is 11.8 Å². The molecule has 11 atom stereocenters. The summed E-state index contributed by atoms with van der Waals surface area (Å²) in [7, 11) is -1.49. The molecule has 0 spiro atoms. The summed E-state index contributed by atoms with van der Waals surface area (Å²) in [4.78, 5) is 27.6. The van der Waals surface area contributed by atoms with Gasteiger partial charge in [0.2, 0.25) is 0 Å². The molecule has 0 amide bonds. The first kappa shape index (κ1) is 38.7. The lowest BCUT2D eigenvalue weighted by atomic mass is 9.80. The number of fused-ring (bicyclic) bond motifs is 1. The van der Waals surface area contributed by atoms with Gasteiger partial charge in [-0.25, -0.2) is 0 Å². The van der Waals surface area contributed by atoms with Crippen molar-refractivity contribution in [2.45, 2.75) is 166 Å². The SMILES string of the molecule is CC[C@@H]1CCCP1/C(C(C)=O)=C(/C(C)=O)P1[C@H](CC)CC(C2CCP(c3sc4ccccc4c3P3[C@H](CC)CC[C@H]3CC)[C@@H]2CC)[C@H]1CC. The Balaban J connectivity index is 1.39. The van der Waals surface area contributed by atoms with Crippen LogP contribution in [0.1, 0.15) is 132 Å². The van der Waals surface area contributed by atoms with Crippen LogP contribution in [0.4, 0.5) is 0 Å². The molecule has 0 saturated carbocycles. The van der Waals surface area contributed by atoms with Gasteiger partial charge in [0, 0.05) is 30.6 Å². The molecule has 4 saturated heterocycles. The number of hydrogen-bond donors (Lipinski definition) is 0. The highest BCUT2D eigenvalue weighted by atomic mass is 32.1. The lowest BCUT2D eigenvalue weighted by molar-refractivity contribution is -0.115. The van der Waals surface area contributed by atoms with E-state index in [0.717, 1.165) is 58.9 Å². The second-order valence-corrected chi connectivity index (χ2v) is 27.3. The molecule has 6 rings (SSSR count). The van der Waals surface area contributed by atoms with Gasteiger partial charge < -0.3 is 0 Å². The van der Waals surface area contributed by atoms with E-state index in [-0.39, 0.29) is 27.4 Å². The zero-order chi connectivity index (χ0) is 35.0. The summed E-state index contributed by atoms with van der Waals surface area (Å²) in [6.45, 7) is 18.2. The maximum Gasteiger partial charge on any atom is 0.161 e. The minimum absolute atomic E-state index is 0.128. The quantitative estimate of drug-likeness (QED) is 0.151. The van der Waals surface area contributed by atoms with Crippen molar-refractivity contribution in [1.29, 1.82) is 0 Å². The number of Topliss-reactive ketones (excluding diaryl/α,β-unsaturated/α-hetero) is 2. The van der Waals surface area contributed by atoms with Gasteiger partial charge in [-0.05, 0) is 155 Å². The first-order chi connectivity index (χ1) is 23.7. The Morgan fingerprint density at radius 2 is 1.33 bits per heavy atom. The molecule has 2 aromatic rings. The van der Waals surface area contributed by atoms with Crippen LogP contribution in [0.5, 0.6) is 0 Å². The second-order valence-electron chi connectivity index (χ2n) is 15.5. The molecule has 7 heteroatoms. The van der Waals surface area contributed by atoms with Crippen LogP contribution in [-0.4, -0.2) is 57.8 Å². The lowest BCUT2D eigenvalue weighted by Crippen LogP contribution is -2.30. The molecule has 1 aromatic heterocycles. The fraction of sp³-hybridized carbons (Fsp3) is 0.714. The van der Waals surface area contributed by atoms with E-state index in [9.17, 15) is 9.59 Å². The van der Waals surface area contributed by atoms with Gasteiger partial charge in [0.25, 0.3) is 0 Å². The third kappa shape index (κ3) is 7.17. The number of benzene rings is 1. The van der Waals surface area contributed by atoms with Crippen molar-refractivity contribution in [2.24, 2.45) is 11.8 Å². The van der Waals surface area contributed by atoms with Crippen LogP contribution in [0.3, 0.4) is 0 Å². The average Bonchev–Trinajstić information content (AvgIpc) is 3.93. The Morgan fingerprint density at radius 1 is 0.694 bits per heavy atom. The summed E-state index contributed by atoms with van der Waals surface area (Å²) in [6, 6.07) is 9.48. The summed E-state index contributed by atoms with van der Waals surface area (Å²) < 4.78 is 3.40. The molecule has 4 aliphatic heterocycles. The van der Waals surface area contributed by atoms with E-state index in [1.807, 2.05) is 16.8 Å². The Morgan fingerprint density at radius 3 is 1.92 bits per heavy atom. The van der Waals surface area contributed by atoms with E-state index < -0.39 is 15.8 Å². The molecule has 5 unspecified atom stereocenters. The van der Waals surface area contributed by atoms with Gasteiger partial charge >= 0.3 is 0 Å². The van der Waals surface area contributed by atoms with Crippen LogP contribution in [0.25, 0.3) is 10.1 Å². The number of ketones is 2. The van der Waals surface area contributed by atoms with Crippen LogP contribution in [-0.2, 0) is 9.59 Å². The highest BCUT2D eigenvalue weighted by Gasteiger charge is 2.52. The second kappa shape index (κ2) is 17.0. The molecular weight excluding hydrogens is 692 g/mol. The molecule has 0 aliphatic carbocycles. The third-order valence-electron chi connectivity index (χ3n) is 13.2. The number of hydrogen-bond acceptors (Lipinski definition) is 3. The Bertz CT molecular complexity index is 1500. The predicted octanol–water partition coefficient (Wildman–Crippen LogP) is 12.8. The number of allylic oxidation sites excluding steroid dienone is 2. The van der Waals surface area contributed by atoms with Gasteiger partial charge in [-0.15, -0.1) is 11.3 Å². The summed E-state index contributed by atoms with van der Waals surface area (Å²) >= 11 is 2.20. The largest absolute Gasteiger partial charge is 0.294 e. The van der Waals surface area contributed by atoms with Crippen molar-refractivity contribution in [2.75, 3.05) is 12.3 Å². The molecule has 4 fully saturated rings. The van der Waals surface area contributed by atoms with Crippen molar-refractivity contribution in [3.63, 3.8) is 0 Å². The molecule has 5 heterocycles. The van der Waals surface area contributed by atoms with E-state index in [0.29, 0.717) is 22.9 Å². The van der Waals surface area contributed by atoms with Crippen LogP contribution in [0.2, 0.25) is 0 Å². The van der Waals surface area contributed by atoms with Gasteiger partial charge in [0.1, 0.15) is 0 Å². The maximum atomic E-state index is 13.9. The summed E-state index contributed by atoms with van der Waals surface area (Å²) in [5.74, 6) is 1.92. The fourth-order valence-corrected chi connectivity index (χ4v) is 29.3. The number of thiophene rings is 1. The molecule has 2 nitrogen and oxygen atoms in total. The van der Waals surface area contributed by atoms with Crippen molar-refractivity contribution in [1.82, 2.24) is 0 Å². The minimum atomic E-state index is -0.643. The summed E-state index contributed by atoms with van der Waals surface area (Å²) in [6.07, 6.45) is 17.9. The van der Waals surface area contributed by atoms with Gasteiger partial charge in [-0.2, -0.15) is 0 Å². The van der Waals surface area contributed by atoms with Crippen molar-refractivity contribution >= 4 is 74.6 Å². The Hall–Kier alpha value is -0.0200. The van der Waals surface area contributed by atoms with Crippen LogP contribution < -0.4 is 9.92 Å². The van der Waals surface area contributed by atoms with E-state index in [4.69, 9.17) is 0 Å². The highest BCUT2D eigenvalue weighted by molar-refractivity contribution is 7.78. The van der Waals surface area contributed by atoms with Gasteiger partial charge in [0.15, 0.2) is 11.6 Å². The highest BCUT2D eigenvalue weighted by Crippen LogP contribution is 2.73. The summed E-state index contributed by atoms with van der Waals surface area (Å²) in [5.41, 5.74) is 4.34. The maximum absolute atomic E-state index is 13.9. The molecular formula is C42H64O2P4S. The number of carbonyl (C=O) groups excluding carboxylic acids is 2. The third-order valence-corrected chi connectivity index (χ3v) is 29.7. The van der Waals surface area contributed by atoms with Crippen molar-refractivity contribution < 1.29 is 9.59 Å². The molecule has 0 N–H and O–H groups in total. The lowest BCUT2D eigenvalue weighted by Gasteiger charge is -2.35. The molecule has 4 aliphatic rings. The van der Waals surface area contributed by atoms with Crippen LogP contribution in [0.15, 0.2) is 34.9 Å². The minimum Gasteiger partial charge on any atom is -0.294 e.